The van der Waals surface area contributed by atoms with Gasteiger partial charge in [-0.25, -0.2) is 0 Å². The Morgan fingerprint density at radius 2 is 1.87 bits per heavy atom. The Labute approximate surface area is 139 Å². The van der Waals surface area contributed by atoms with Crippen LogP contribution in [0.5, 0.6) is 23.0 Å². The van der Waals surface area contributed by atoms with Crippen molar-refractivity contribution in [3.8, 4) is 23.0 Å². The minimum absolute atomic E-state index is 0.222. The standard InChI is InChI=1S/C17H17ClO5/c1-19-14-4-3-5-15(20-2)17(14)22-9-12-7-13(18)6-11-8-21-10-23-16(11)12/h3-7H,8-10H2,1-2H3. The van der Waals surface area contributed by atoms with Gasteiger partial charge in [-0.1, -0.05) is 17.7 Å². The highest BCUT2D eigenvalue weighted by Crippen LogP contribution is 2.39. The fourth-order valence-electron chi connectivity index (χ4n) is 2.47. The Hall–Kier alpha value is -2.11. The molecule has 0 saturated carbocycles. The molecule has 1 aliphatic rings. The van der Waals surface area contributed by atoms with E-state index in [2.05, 4.69) is 0 Å². The predicted molar refractivity (Wildman–Crippen MR) is 85.6 cm³/mol. The van der Waals surface area contributed by atoms with Crippen LogP contribution in [-0.4, -0.2) is 21.0 Å². The first kappa shape index (κ1) is 15.8. The second-order valence-corrected chi connectivity index (χ2v) is 5.38. The molecule has 0 amide bonds. The van der Waals surface area contributed by atoms with E-state index in [0.717, 1.165) is 16.9 Å². The van der Waals surface area contributed by atoms with E-state index in [-0.39, 0.29) is 13.4 Å². The van der Waals surface area contributed by atoms with E-state index >= 15 is 0 Å². The molecule has 5 nitrogen and oxygen atoms in total. The summed E-state index contributed by atoms with van der Waals surface area (Å²) < 4.78 is 27.5. The highest BCUT2D eigenvalue weighted by molar-refractivity contribution is 6.30. The largest absolute Gasteiger partial charge is 0.493 e. The molecule has 0 fully saturated rings. The molecule has 0 radical (unpaired) electrons. The highest BCUT2D eigenvalue weighted by atomic mass is 35.5. The predicted octanol–water partition coefficient (Wildman–Crippen LogP) is 3.80. The van der Waals surface area contributed by atoms with Crippen molar-refractivity contribution in [1.29, 1.82) is 0 Å². The molecule has 2 aromatic carbocycles. The van der Waals surface area contributed by atoms with Crippen LogP contribution >= 0.6 is 11.6 Å². The van der Waals surface area contributed by atoms with Gasteiger partial charge in [-0.05, 0) is 24.3 Å². The second-order valence-electron chi connectivity index (χ2n) is 4.94. The molecule has 0 atom stereocenters. The van der Waals surface area contributed by atoms with Gasteiger partial charge < -0.3 is 23.7 Å². The van der Waals surface area contributed by atoms with Gasteiger partial charge in [0.25, 0.3) is 0 Å². The molecule has 122 valence electrons. The maximum atomic E-state index is 6.16. The van der Waals surface area contributed by atoms with Crippen LogP contribution in [0.25, 0.3) is 0 Å². The van der Waals surface area contributed by atoms with E-state index in [4.69, 9.17) is 35.3 Å². The van der Waals surface area contributed by atoms with Crippen molar-refractivity contribution in [1.82, 2.24) is 0 Å². The summed E-state index contributed by atoms with van der Waals surface area (Å²) in [5.74, 6) is 2.50. The summed E-state index contributed by atoms with van der Waals surface area (Å²) >= 11 is 6.16. The summed E-state index contributed by atoms with van der Waals surface area (Å²) in [6, 6.07) is 9.13. The zero-order chi connectivity index (χ0) is 16.2. The van der Waals surface area contributed by atoms with Gasteiger partial charge in [0.15, 0.2) is 18.3 Å². The van der Waals surface area contributed by atoms with Crippen molar-refractivity contribution in [2.45, 2.75) is 13.2 Å². The summed E-state index contributed by atoms with van der Waals surface area (Å²) in [7, 11) is 3.17. The Kier molecular flexibility index (Phi) is 4.79. The molecule has 1 heterocycles. The van der Waals surface area contributed by atoms with E-state index < -0.39 is 0 Å². The molecular formula is C17H17ClO5. The quantitative estimate of drug-likeness (QED) is 0.831. The van der Waals surface area contributed by atoms with Gasteiger partial charge in [-0.15, -0.1) is 0 Å². The Morgan fingerprint density at radius 1 is 1.13 bits per heavy atom. The van der Waals surface area contributed by atoms with Crippen molar-refractivity contribution in [2.24, 2.45) is 0 Å². The molecule has 0 spiro atoms. The Balaban J connectivity index is 1.88. The minimum Gasteiger partial charge on any atom is -0.493 e. The lowest BCUT2D eigenvalue weighted by Gasteiger charge is -2.21. The Morgan fingerprint density at radius 3 is 2.57 bits per heavy atom. The number of hydrogen-bond acceptors (Lipinski definition) is 5. The smallest absolute Gasteiger partial charge is 0.203 e. The van der Waals surface area contributed by atoms with Crippen LogP contribution < -0.4 is 18.9 Å². The van der Waals surface area contributed by atoms with Gasteiger partial charge in [0, 0.05) is 16.1 Å². The van der Waals surface area contributed by atoms with Crippen LogP contribution in [0.4, 0.5) is 0 Å². The van der Waals surface area contributed by atoms with Gasteiger partial charge in [-0.3, -0.25) is 0 Å². The van der Waals surface area contributed by atoms with Gasteiger partial charge in [0.1, 0.15) is 12.4 Å². The van der Waals surface area contributed by atoms with Crippen LogP contribution in [0.1, 0.15) is 11.1 Å². The highest BCUT2D eigenvalue weighted by Gasteiger charge is 2.18. The maximum Gasteiger partial charge on any atom is 0.203 e. The molecule has 0 bridgehead atoms. The normalized spacial score (nSPS) is 13.0. The van der Waals surface area contributed by atoms with Crippen LogP contribution in [0, 0.1) is 0 Å². The average molecular weight is 337 g/mol. The minimum atomic E-state index is 0.222. The monoisotopic (exact) mass is 336 g/mol. The number of halogens is 1. The summed E-state index contributed by atoms with van der Waals surface area (Å²) in [5, 5.41) is 0.614. The van der Waals surface area contributed by atoms with E-state index in [1.165, 1.54) is 0 Å². The molecule has 0 saturated heterocycles. The van der Waals surface area contributed by atoms with Crippen molar-refractivity contribution >= 4 is 11.6 Å². The number of ether oxygens (including phenoxy) is 5. The first-order valence-corrected chi connectivity index (χ1v) is 7.46. The zero-order valence-electron chi connectivity index (χ0n) is 12.9. The molecule has 3 rings (SSSR count). The van der Waals surface area contributed by atoms with Crippen molar-refractivity contribution in [3.05, 3.63) is 46.5 Å². The van der Waals surface area contributed by atoms with E-state index in [1.807, 2.05) is 30.3 Å². The summed E-state index contributed by atoms with van der Waals surface area (Å²) in [6.45, 7) is 0.972. The molecule has 1 aliphatic heterocycles. The van der Waals surface area contributed by atoms with Crippen LogP contribution in [0.15, 0.2) is 30.3 Å². The molecule has 0 unspecified atom stereocenters. The molecule has 0 N–H and O–H groups in total. The van der Waals surface area contributed by atoms with Crippen LogP contribution in [-0.2, 0) is 18.0 Å². The lowest BCUT2D eigenvalue weighted by molar-refractivity contribution is -0.0175. The SMILES string of the molecule is COc1cccc(OC)c1OCc1cc(Cl)cc2c1OCOC2. The molecule has 0 aromatic heterocycles. The first-order valence-electron chi connectivity index (χ1n) is 7.08. The lowest BCUT2D eigenvalue weighted by atomic mass is 10.1. The maximum absolute atomic E-state index is 6.16. The third-order valence-corrected chi connectivity index (χ3v) is 3.72. The van der Waals surface area contributed by atoms with E-state index in [1.54, 1.807) is 14.2 Å². The third kappa shape index (κ3) is 3.30. The van der Waals surface area contributed by atoms with Crippen molar-refractivity contribution in [2.75, 3.05) is 21.0 Å². The Bertz CT molecular complexity index is 679. The van der Waals surface area contributed by atoms with Crippen LogP contribution in [0.3, 0.4) is 0 Å². The summed E-state index contributed by atoms with van der Waals surface area (Å²) in [6.07, 6.45) is 0. The lowest BCUT2D eigenvalue weighted by Crippen LogP contribution is -2.14. The van der Waals surface area contributed by atoms with Gasteiger partial charge in [-0.2, -0.15) is 0 Å². The number of rotatable bonds is 5. The fraction of sp³-hybridized carbons (Fsp3) is 0.294. The number of benzene rings is 2. The number of hydrogen-bond donors (Lipinski definition) is 0. The van der Waals surface area contributed by atoms with Gasteiger partial charge in [0.2, 0.25) is 5.75 Å². The zero-order valence-corrected chi connectivity index (χ0v) is 13.7. The number of methoxy groups -OCH3 is 2. The van der Waals surface area contributed by atoms with Crippen molar-refractivity contribution in [3.63, 3.8) is 0 Å². The third-order valence-electron chi connectivity index (χ3n) is 3.51. The van der Waals surface area contributed by atoms with E-state index in [9.17, 15) is 0 Å². The van der Waals surface area contributed by atoms with Gasteiger partial charge >= 0.3 is 0 Å². The molecule has 23 heavy (non-hydrogen) atoms. The number of para-hydroxylation sites is 1. The van der Waals surface area contributed by atoms with Crippen molar-refractivity contribution < 1.29 is 23.7 Å². The summed E-state index contributed by atoms with van der Waals surface area (Å²) in [4.78, 5) is 0. The second kappa shape index (κ2) is 6.98. The average Bonchev–Trinajstić information content (AvgIpc) is 2.59. The number of fused-ring (bicyclic) bond motifs is 1. The summed E-state index contributed by atoms with van der Waals surface area (Å²) in [5.41, 5.74) is 1.76. The first-order chi connectivity index (χ1) is 11.2. The van der Waals surface area contributed by atoms with Crippen LogP contribution in [0.2, 0.25) is 5.02 Å². The van der Waals surface area contributed by atoms with E-state index in [0.29, 0.717) is 28.9 Å². The topological polar surface area (TPSA) is 46.2 Å². The molecular weight excluding hydrogens is 320 g/mol. The van der Waals surface area contributed by atoms with Gasteiger partial charge in [0.05, 0.1) is 20.8 Å². The molecule has 6 heteroatoms. The molecule has 2 aromatic rings. The molecule has 0 aliphatic carbocycles. The fourth-order valence-corrected chi connectivity index (χ4v) is 2.74.